The smallest absolute Gasteiger partial charge is 0.131 e. The van der Waals surface area contributed by atoms with Crippen molar-refractivity contribution in [2.45, 2.75) is 32.4 Å². The Balaban J connectivity index is 2.14. The van der Waals surface area contributed by atoms with E-state index in [9.17, 15) is 4.39 Å². The number of ether oxygens (including phenoxy) is 1. The maximum absolute atomic E-state index is 14.1. The molecule has 1 N–H and O–H groups in total. The van der Waals surface area contributed by atoms with Gasteiger partial charge in [-0.3, -0.25) is 0 Å². The monoisotopic (exact) mass is 287 g/mol. The summed E-state index contributed by atoms with van der Waals surface area (Å²) in [6, 6.07) is 15.4. The highest BCUT2D eigenvalue weighted by molar-refractivity contribution is 5.31. The van der Waals surface area contributed by atoms with Gasteiger partial charge in [-0.1, -0.05) is 43.3 Å². The summed E-state index contributed by atoms with van der Waals surface area (Å²) in [5.74, 6) is 0.302. The van der Waals surface area contributed by atoms with E-state index in [0.717, 1.165) is 6.42 Å². The molecule has 0 bridgehead atoms. The molecule has 2 aromatic rings. The molecule has 0 aliphatic carbocycles. The van der Waals surface area contributed by atoms with E-state index in [1.165, 1.54) is 11.6 Å². The van der Waals surface area contributed by atoms with Crippen LogP contribution in [0.4, 0.5) is 4.39 Å². The van der Waals surface area contributed by atoms with E-state index in [-0.39, 0.29) is 17.9 Å². The van der Waals surface area contributed by atoms with Gasteiger partial charge in [-0.15, -0.1) is 0 Å². The number of rotatable bonds is 6. The van der Waals surface area contributed by atoms with E-state index in [1.54, 1.807) is 19.2 Å². The SMILES string of the molecule is CCC(NC(C)c1ccc(OC)cc1F)c1ccccc1. The first-order valence-electron chi connectivity index (χ1n) is 7.30. The first kappa shape index (κ1) is 15.5. The quantitative estimate of drug-likeness (QED) is 0.836. The molecule has 0 aromatic heterocycles. The highest BCUT2D eigenvalue weighted by Crippen LogP contribution is 2.25. The third kappa shape index (κ3) is 3.82. The summed E-state index contributed by atoms with van der Waals surface area (Å²) < 4.78 is 19.2. The molecule has 2 aromatic carbocycles. The summed E-state index contributed by atoms with van der Waals surface area (Å²) in [6.07, 6.45) is 0.951. The van der Waals surface area contributed by atoms with Gasteiger partial charge in [0, 0.05) is 23.7 Å². The third-order valence-corrected chi connectivity index (χ3v) is 3.74. The Hall–Kier alpha value is -1.87. The lowest BCUT2D eigenvalue weighted by molar-refractivity contribution is 0.407. The van der Waals surface area contributed by atoms with Gasteiger partial charge in [-0.2, -0.15) is 0 Å². The predicted octanol–water partition coefficient (Wildman–Crippen LogP) is 4.64. The average molecular weight is 287 g/mol. The van der Waals surface area contributed by atoms with E-state index in [0.29, 0.717) is 11.3 Å². The molecule has 0 heterocycles. The van der Waals surface area contributed by atoms with Crippen LogP contribution in [0.25, 0.3) is 0 Å². The summed E-state index contributed by atoms with van der Waals surface area (Å²) in [7, 11) is 1.54. The van der Waals surface area contributed by atoms with Crippen LogP contribution in [0, 0.1) is 5.82 Å². The van der Waals surface area contributed by atoms with Crippen molar-refractivity contribution in [1.29, 1.82) is 0 Å². The largest absolute Gasteiger partial charge is 0.497 e. The van der Waals surface area contributed by atoms with Crippen molar-refractivity contribution in [2.75, 3.05) is 7.11 Å². The van der Waals surface area contributed by atoms with Crippen LogP contribution in [-0.2, 0) is 0 Å². The Morgan fingerprint density at radius 3 is 2.43 bits per heavy atom. The minimum absolute atomic E-state index is 0.0685. The first-order chi connectivity index (χ1) is 10.2. The second kappa shape index (κ2) is 7.23. The van der Waals surface area contributed by atoms with Gasteiger partial charge in [0.15, 0.2) is 0 Å². The van der Waals surface area contributed by atoms with Gasteiger partial charge < -0.3 is 10.1 Å². The van der Waals surface area contributed by atoms with Gasteiger partial charge in [-0.05, 0) is 25.0 Å². The summed E-state index contributed by atoms with van der Waals surface area (Å²) in [4.78, 5) is 0. The van der Waals surface area contributed by atoms with Gasteiger partial charge in [0.2, 0.25) is 0 Å². The van der Waals surface area contributed by atoms with Gasteiger partial charge in [0.1, 0.15) is 11.6 Å². The van der Waals surface area contributed by atoms with Crippen molar-refractivity contribution in [2.24, 2.45) is 0 Å². The molecule has 112 valence electrons. The first-order valence-corrected chi connectivity index (χ1v) is 7.30. The van der Waals surface area contributed by atoms with Crippen LogP contribution in [0.1, 0.15) is 43.5 Å². The van der Waals surface area contributed by atoms with Crippen LogP contribution in [-0.4, -0.2) is 7.11 Å². The zero-order chi connectivity index (χ0) is 15.2. The Kier molecular flexibility index (Phi) is 5.34. The van der Waals surface area contributed by atoms with Crippen molar-refractivity contribution in [3.05, 3.63) is 65.5 Å². The minimum Gasteiger partial charge on any atom is -0.497 e. The molecule has 2 rings (SSSR count). The van der Waals surface area contributed by atoms with Crippen LogP contribution in [0.3, 0.4) is 0 Å². The van der Waals surface area contributed by atoms with Crippen LogP contribution < -0.4 is 10.1 Å². The molecule has 0 aliphatic heterocycles. The summed E-state index contributed by atoms with van der Waals surface area (Å²) in [5.41, 5.74) is 1.88. The Bertz CT molecular complexity index is 571. The normalized spacial score (nSPS) is 13.7. The fourth-order valence-corrected chi connectivity index (χ4v) is 2.51. The number of halogens is 1. The third-order valence-electron chi connectivity index (χ3n) is 3.74. The van der Waals surface area contributed by atoms with Crippen molar-refractivity contribution in [1.82, 2.24) is 5.32 Å². The summed E-state index contributed by atoms with van der Waals surface area (Å²) in [5, 5.41) is 3.50. The van der Waals surface area contributed by atoms with Crippen LogP contribution in [0.5, 0.6) is 5.75 Å². The van der Waals surface area contributed by atoms with Crippen LogP contribution in [0.15, 0.2) is 48.5 Å². The Labute approximate surface area is 126 Å². The number of hydrogen-bond donors (Lipinski definition) is 1. The van der Waals surface area contributed by atoms with Crippen LogP contribution in [0.2, 0.25) is 0 Å². The zero-order valence-electron chi connectivity index (χ0n) is 12.8. The molecule has 2 nitrogen and oxygen atoms in total. The lowest BCUT2D eigenvalue weighted by Gasteiger charge is -2.23. The fraction of sp³-hybridized carbons (Fsp3) is 0.333. The summed E-state index contributed by atoms with van der Waals surface area (Å²) in [6.45, 7) is 4.11. The van der Waals surface area contributed by atoms with Gasteiger partial charge >= 0.3 is 0 Å². The molecule has 0 radical (unpaired) electrons. The number of nitrogens with one attached hydrogen (secondary N) is 1. The summed E-state index contributed by atoms with van der Waals surface area (Å²) >= 11 is 0. The number of methoxy groups -OCH3 is 1. The lowest BCUT2D eigenvalue weighted by atomic mass is 10.0. The molecule has 2 atom stereocenters. The van der Waals surface area contributed by atoms with E-state index < -0.39 is 0 Å². The van der Waals surface area contributed by atoms with Crippen molar-refractivity contribution in [3.63, 3.8) is 0 Å². The number of benzene rings is 2. The van der Waals surface area contributed by atoms with E-state index in [1.807, 2.05) is 25.1 Å². The van der Waals surface area contributed by atoms with Crippen molar-refractivity contribution < 1.29 is 9.13 Å². The van der Waals surface area contributed by atoms with E-state index in [4.69, 9.17) is 4.74 Å². The maximum Gasteiger partial charge on any atom is 0.131 e. The van der Waals surface area contributed by atoms with Gasteiger partial charge in [0.25, 0.3) is 0 Å². The molecular formula is C18H22FNO. The zero-order valence-corrected chi connectivity index (χ0v) is 12.8. The molecule has 21 heavy (non-hydrogen) atoms. The molecule has 0 aliphatic rings. The molecule has 0 saturated carbocycles. The molecule has 0 fully saturated rings. The topological polar surface area (TPSA) is 21.3 Å². The Morgan fingerprint density at radius 2 is 1.86 bits per heavy atom. The molecular weight excluding hydrogens is 265 g/mol. The molecule has 0 saturated heterocycles. The van der Waals surface area contributed by atoms with E-state index >= 15 is 0 Å². The van der Waals surface area contributed by atoms with E-state index in [2.05, 4.69) is 24.4 Å². The van der Waals surface area contributed by atoms with Gasteiger partial charge in [0.05, 0.1) is 7.11 Å². The predicted molar refractivity (Wildman–Crippen MR) is 84.0 cm³/mol. The highest BCUT2D eigenvalue weighted by atomic mass is 19.1. The number of hydrogen-bond acceptors (Lipinski definition) is 2. The van der Waals surface area contributed by atoms with Crippen LogP contribution >= 0.6 is 0 Å². The minimum atomic E-state index is -0.239. The second-order valence-electron chi connectivity index (χ2n) is 5.15. The molecule has 0 spiro atoms. The Morgan fingerprint density at radius 1 is 1.14 bits per heavy atom. The fourth-order valence-electron chi connectivity index (χ4n) is 2.51. The second-order valence-corrected chi connectivity index (χ2v) is 5.15. The van der Waals surface area contributed by atoms with Crippen molar-refractivity contribution in [3.8, 4) is 5.75 Å². The molecule has 0 amide bonds. The molecule has 3 heteroatoms. The highest BCUT2D eigenvalue weighted by Gasteiger charge is 2.16. The van der Waals surface area contributed by atoms with Crippen molar-refractivity contribution >= 4 is 0 Å². The lowest BCUT2D eigenvalue weighted by Crippen LogP contribution is -2.24. The van der Waals surface area contributed by atoms with Gasteiger partial charge in [-0.25, -0.2) is 4.39 Å². The molecule has 2 unspecified atom stereocenters. The standard InChI is InChI=1S/C18H22FNO/c1-4-18(14-8-6-5-7-9-14)20-13(2)16-11-10-15(21-3)12-17(16)19/h5-13,18,20H,4H2,1-3H3. The average Bonchev–Trinajstić information content (AvgIpc) is 2.53. The maximum atomic E-state index is 14.1.